The van der Waals surface area contributed by atoms with Gasteiger partial charge in [-0.2, -0.15) is 0 Å². The first-order valence-electron chi connectivity index (χ1n) is 26.7. The maximum absolute atomic E-state index is 5.47. The van der Waals surface area contributed by atoms with E-state index in [2.05, 4.69) is 267 Å². The number of benzene rings is 11. The number of hydrogen-bond donors (Lipinski definition) is 0. The maximum Gasteiger partial charge on any atom is 0.103 e. The summed E-state index contributed by atoms with van der Waals surface area (Å²) in [7, 11) is 0. The van der Waals surface area contributed by atoms with E-state index in [4.69, 9.17) is 15.0 Å². The summed E-state index contributed by atoms with van der Waals surface area (Å²) in [6, 6.07) is 91.1. The molecule has 0 N–H and O–H groups in total. The second-order valence-corrected chi connectivity index (χ2v) is 20.9. The Morgan fingerprint density at radius 2 is 0.909 bits per heavy atom. The molecule has 3 heteroatoms. The average molecular weight is 978 g/mol. The SMILES string of the molecule is C1=CC2C=Cc3ccc(-c4ccccc4)nc3C2N=C1c1ccc2c3ccc(-c4ccc(-c5nc6ccccc6c6cc7c(cc56)-c5ccccc5C7(c5ccccc5)c5ccccc5)cc4)cc3c3ccccc3c2c1. The van der Waals surface area contributed by atoms with Gasteiger partial charge in [0.25, 0.3) is 0 Å². The van der Waals surface area contributed by atoms with Crippen LogP contribution >= 0.6 is 0 Å². The zero-order valence-electron chi connectivity index (χ0n) is 42.0. The van der Waals surface area contributed by atoms with Crippen molar-refractivity contribution in [1.29, 1.82) is 0 Å². The number of pyridine rings is 2. The lowest BCUT2D eigenvalue weighted by Gasteiger charge is -2.34. The standard InChI is InChI=1S/C74H47N3/c1-4-16-47(17-5-1)68-40-36-49-32-33-50-37-41-69(76-73(50)72(49)75-68)52-35-39-58-57-38-34-51(42-61(57)55-22-10-11-23-56(55)62(58)43-52)46-28-30-48(31-29-46)71-65-44-64-59-24-12-14-26-66(59)74(53-18-6-2-7-19-53,54-20-8-3-9-21-54)67(64)45-63(65)60-25-13-15-27-70(60)77-71/h1-45,50,73H. The van der Waals surface area contributed by atoms with E-state index in [1.807, 2.05) is 6.07 Å². The monoisotopic (exact) mass is 977 g/mol. The fraction of sp³-hybridized carbons (Fsp3) is 0.0405. The summed E-state index contributed by atoms with van der Waals surface area (Å²) in [5.41, 5.74) is 18.9. The lowest BCUT2D eigenvalue weighted by Crippen LogP contribution is -2.28. The van der Waals surface area contributed by atoms with Gasteiger partial charge >= 0.3 is 0 Å². The number of rotatable bonds is 6. The molecule has 3 heterocycles. The lowest BCUT2D eigenvalue weighted by molar-refractivity contribution is 0.592. The fourth-order valence-corrected chi connectivity index (χ4v) is 13.2. The molecule has 358 valence electrons. The smallest absolute Gasteiger partial charge is 0.103 e. The molecule has 0 amide bonds. The molecule has 0 saturated heterocycles. The van der Waals surface area contributed by atoms with Crippen molar-refractivity contribution in [2.45, 2.75) is 11.5 Å². The number of dihydropyridines is 1. The summed E-state index contributed by atoms with van der Waals surface area (Å²) in [5.74, 6) is 0.164. The van der Waals surface area contributed by atoms with Gasteiger partial charge in [0.15, 0.2) is 0 Å². The molecule has 16 rings (SSSR count). The van der Waals surface area contributed by atoms with Crippen molar-refractivity contribution >= 4 is 65.8 Å². The van der Waals surface area contributed by atoms with Crippen molar-refractivity contribution in [3.8, 4) is 44.8 Å². The second kappa shape index (κ2) is 17.1. The predicted molar refractivity (Wildman–Crippen MR) is 321 cm³/mol. The first-order valence-corrected chi connectivity index (χ1v) is 26.7. The van der Waals surface area contributed by atoms with E-state index in [1.165, 1.54) is 76.6 Å². The van der Waals surface area contributed by atoms with E-state index in [9.17, 15) is 0 Å². The Bertz CT molecular complexity index is 4610. The molecule has 0 spiro atoms. The van der Waals surface area contributed by atoms with Crippen molar-refractivity contribution in [2.24, 2.45) is 10.9 Å². The topological polar surface area (TPSA) is 38.1 Å². The molecular weight excluding hydrogens is 931 g/mol. The Balaban J connectivity index is 0.788. The zero-order valence-corrected chi connectivity index (χ0v) is 42.0. The van der Waals surface area contributed by atoms with Crippen molar-refractivity contribution < 1.29 is 0 Å². The summed E-state index contributed by atoms with van der Waals surface area (Å²) in [6.45, 7) is 0. The number of nitrogens with zero attached hydrogens (tertiary/aromatic N) is 3. The van der Waals surface area contributed by atoms with Crippen molar-refractivity contribution in [1.82, 2.24) is 9.97 Å². The van der Waals surface area contributed by atoms with Crippen LogP contribution in [0.15, 0.2) is 272 Å². The van der Waals surface area contributed by atoms with Gasteiger partial charge in [-0.1, -0.05) is 231 Å². The Morgan fingerprint density at radius 1 is 0.338 bits per heavy atom. The highest BCUT2D eigenvalue weighted by Gasteiger charge is 2.46. The number of fused-ring (bicyclic) bond motifs is 15. The molecule has 2 unspecified atom stereocenters. The van der Waals surface area contributed by atoms with Crippen LogP contribution in [0.4, 0.5) is 0 Å². The highest BCUT2D eigenvalue weighted by Crippen LogP contribution is 2.57. The molecule has 11 aromatic carbocycles. The van der Waals surface area contributed by atoms with Gasteiger partial charge in [0, 0.05) is 33.4 Å². The van der Waals surface area contributed by atoms with Crippen molar-refractivity contribution in [2.75, 3.05) is 0 Å². The van der Waals surface area contributed by atoms with Crippen LogP contribution in [0.25, 0.3) is 105 Å². The summed E-state index contributed by atoms with van der Waals surface area (Å²) in [4.78, 5) is 16.2. The number of hydrogen-bond acceptors (Lipinski definition) is 3. The summed E-state index contributed by atoms with van der Waals surface area (Å²) in [6.07, 6.45) is 8.97. The van der Waals surface area contributed by atoms with E-state index in [0.717, 1.165) is 66.9 Å². The molecule has 2 aromatic heterocycles. The molecule has 0 fully saturated rings. The molecule has 3 aliphatic rings. The van der Waals surface area contributed by atoms with E-state index in [-0.39, 0.29) is 12.0 Å². The number of para-hydroxylation sites is 1. The molecule has 3 nitrogen and oxygen atoms in total. The first-order chi connectivity index (χ1) is 38.2. The zero-order chi connectivity index (χ0) is 50.6. The fourth-order valence-electron chi connectivity index (χ4n) is 13.2. The normalized spacial score (nSPS) is 15.9. The van der Waals surface area contributed by atoms with Crippen LogP contribution < -0.4 is 0 Å². The Labute approximate surface area is 446 Å². The van der Waals surface area contributed by atoms with Gasteiger partial charge in [0.1, 0.15) is 6.04 Å². The van der Waals surface area contributed by atoms with Crippen LogP contribution in [-0.4, -0.2) is 15.7 Å². The van der Waals surface area contributed by atoms with Crippen molar-refractivity contribution in [3.05, 3.63) is 306 Å². The second-order valence-electron chi connectivity index (χ2n) is 20.9. The third kappa shape index (κ3) is 6.67. The van der Waals surface area contributed by atoms with E-state index in [0.29, 0.717) is 0 Å². The molecule has 0 radical (unpaired) electrons. The molecule has 77 heavy (non-hydrogen) atoms. The Kier molecular flexibility index (Phi) is 9.68. The Hall–Kier alpha value is -9.83. The van der Waals surface area contributed by atoms with Crippen LogP contribution in [-0.2, 0) is 5.41 Å². The first kappa shape index (κ1) is 43.6. The number of aromatic nitrogens is 2. The van der Waals surface area contributed by atoms with Crippen LogP contribution in [0.5, 0.6) is 0 Å². The summed E-state index contributed by atoms with van der Waals surface area (Å²) in [5, 5.41) is 10.9. The van der Waals surface area contributed by atoms with Crippen LogP contribution in [0.3, 0.4) is 0 Å². The van der Waals surface area contributed by atoms with E-state index >= 15 is 0 Å². The van der Waals surface area contributed by atoms with Gasteiger partial charge in [0.2, 0.25) is 0 Å². The maximum atomic E-state index is 5.47. The third-order valence-corrected chi connectivity index (χ3v) is 16.8. The predicted octanol–water partition coefficient (Wildman–Crippen LogP) is 18.3. The molecular formula is C74H47N3. The molecule has 0 bridgehead atoms. The van der Waals surface area contributed by atoms with Gasteiger partial charge in [-0.05, 0) is 130 Å². The molecule has 2 atom stereocenters. The quantitative estimate of drug-likeness (QED) is 0.156. The van der Waals surface area contributed by atoms with Gasteiger partial charge in [-0.3, -0.25) is 4.99 Å². The highest BCUT2D eigenvalue weighted by atomic mass is 14.9. The minimum atomic E-state index is -0.491. The van der Waals surface area contributed by atoms with E-state index in [1.54, 1.807) is 0 Å². The van der Waals surface area contributed by atoms with Gasteiger partial charge in [0.05, 0.1) is 33.7 Å². The van der Waals surface area contributed by atoms with Gasteiger partial charge in [-0.25, -0.2) is 9.97 Å². The summed E-state index contributed by atoms with van der Waals surface area (Å²) >= 11 is 0. The molecule has 1 aliphatic heterocycles. The highest BCUT2D eigenvalue weighted by molar-refractivity contribution is 6.27. The Morgan fingerprint density at radius 3 is 1.65 bits per heavy atom. The number of allylic oxidation sites excluding steroid dienone is 1. The van der Waals surface area contributed by atoms with E-state index < -0.39 is 5.41 Å². The van der Waals surface area contributed by atoms with Crippen LogP contribution in [0.2, 0.25) is 0 Å². The largest absolute Gasteiger partial charge is 0.274 e. The molecule has 2 aliphatic carbocycles. The van der Waals surface area contributed by atoms with Crippen LogP contribution in [0.1, 0.15) is 45.1 Å². The molecule has 13 aromatic rings. The van der Waals surface area contributed by atoms with Crippen molar-refractivity contribution in [3.63, 3.8) is 0 Å². The average Bonchev–Trinajstić information content (AvgIpc) is 3.84. The van der Waals surface area contributed by atoms with Crippen LogP contribution in [0, 0.1) is 5.92 Å². The molecule has 0 saturated carbocycles. The number of aliphatic imine (C=N–C) groups is 1. The summed E-state index contributed by atoms with van der Waals surface area (Å²) < 4.78 is 0. The minimum Gasteiger partial charge on any atom is -0.274 e. The minimum absolute atomic E-state index is 0.0847. The third-order valence-electron chi connectivity index (χ3n) is 16.8. The van der Waals surface area contributed by atoms with Gasteiger partial charge < -0.3 is 0 Å². The van der Waals surface area contributed by atoms with Gasteiger partial charge in [-0.15, -0.1) is 0 Å². The lowest BCUT2D eigenvalue weighted by atomic mass is 9.67.